The quantitative estimate of drug-likeness (QED) is 0.327. The minimum absolute atomic E-state index is 0.0365. The number of halogens is 1. The molecule has 0 atom stereocenters. The molecule has 0 saturated heterocycles. The number of thiophene rings is 1. The van der Waals surface area contributed by atoms with E-state index < -0.39 is 10.7 Å². The van der Waals surface area contributed by atoms with Crippen molar-refractivity contribution < 1.29 is 14.4 Å². The van der Waals surface area contributed by atoms with Crippen LogP contribution in [0.2, 0.25) is 0 Å². The Morgan fingerprint density at radius 3 is 2.61 bits per heavy atom. The predicted molar refractivity (Wildman–Crippen MR) is 111 cm³/mol. The van der Waals surface area contributed by atoms with Crippen LogP contribution in [0.5, 0.6) is 5.75 Å². The summed E-state index contributed by atoms with van der Waals surface area (Å²) in [5.41, 5.74) is 1.50. The molecule has 3 aromatic carbocycles. The van der Waals surface area contributed by atoms with Crippen LogP contribution >= 0.6 is 11.3 Å². The molecule has 0 saturated carbocycles. The number of non-ortho nitro benzene ring substituents is 1. The maximum absolute atomic E-state index is 13.7. The van der Waals surface area contributed by atoms with Crippen molar-refractivity contribution in [2.75, 3.05) is 12.4 Å². The van der Waals surface area contributed by atoms with Gasteiger partial charge in [-0.3, -0.25) is 10.1 Å². The Balaban J connectivity index is 2.02. The zero-order valence-corrected chi connectivity index (χ0v) is 15.6. The molecule has 1 heterocycles. The molecule has 1 aromatic heterocycles. The molecule has 5 nitrogen and oxygen atoms in total. The van der Waals surface area contributed by atoms with Gasteiger partial charge in [0.1, 0.15) is 16.6 Å². The van der Waals surface area contributed by atoms with Crippen LogP contribution in [0.1, 0.15) is 0 Å². The van der Waals surface area contributed by atoms with Crippen molar-refractivity contribution in [3.05, 3.63) is 76.6 Å². The molecule has 4 aromatic rings. The lowest BCUT2D eigenvalue weighted by atomic mass is 10.00. The molecular formula is C21H15FN2O3S. The predicted octanol–water partition coefficient (Wildman–Crippen LogP) is 6.03. The van der Waals surface area contributed by atoms with E-state index in [1.807, 2.05) is 12.1 Å². The standard InChI is InChI=1S/C21H15FN2O3S/c1-23-21-18(13-6-4-7-14(22)9-13)19(25)20(28-21)17-11-15(24(26)27)10-12-5-2-3-8-16(12)17/h2-11,23,25H,1H3. The highest BCUT2D eigenvalue weighted by Crippen LogP contribution is 2.52. The van der Waals surface area contributed by atoms with Crippen molar-refractivity contribution >= 4 is 32.8 Å². The second kappa shape index (κ2) is 6.94. The lowest BCUT2D eigenvalue weighted by molar-refractivity contribution is -0.384. The summed E-state index contributed by atoms with van der Waals surface area (Å²) in [5, 5.41) is 27.6. The molecule has 0 unspecified atom stereocenters. The van der Waals surface area contributed by atoms with Crippen molar-refractivity contribution in [3.8, 4) is 27.3 Å². The van der Waals surface area contributed by atoms with Crippen molar-refractivity contribution in [2.45, 2.75) is 0 Å². The second-order valence-corrected chi connectivity index (χ2v) is 7.24. The van der Waals surface area contributed by atoms with Crippen LogP contribution < -0.4 is 5.32 Å². The first-order valence-corrected chi connectivity index (χ1v) is 9.28. The van der Waals surface area contributed by atoms with Gasteiger partial charge in [0.25, 0.3) is 5.69 Å². The lowest BCUT2D eigenvalue weighted by Crippen LogP contribution is -1.89. The third-order valence-electron chi connectivity index (χ3n) is 4.53. The van der Waals surface area contributed by atoms with E-state index >= 15 is 0 Å². The van der Waals surface area contributed by atoms with Crippen LogP contribution in [0.25, 0.3) is 32.3 Å². The first kappa shape index (κ1) is 17.9. The minimum atomic E-state index is -0.451. The molecule has 0 radical (unpaired) electrons. The average Bonchev–Trinajstić information content (AvgIpc) is 3.03. The molecule has 4 rings (SSSR count). The third-order valence-corrected chi connectivity index (χ3v) is 5.76. The third kappa shape index (κ3) is 2.95. The largest absolute Gasteiger partial charge is 0.506 e. The van der Waals surface area contributed by atoms with E-state index in [4.69, 9.17) is 0 Å². The molecular weight excluding hydrogens is 379 g/mol. The summed E-state index contributed by atoms with van der Waals surface area (Å²) in [6.45, 7) is 0. The van der Waals surface area contributed by atoms with Gasteiger partial charge >= 0.3 is 0 Å². The number of nitrogens with one attached hydrogen (secondary N) is 1. The van der Waals surface area contributed by atoms with E-state index in [2.05, 4.69) is 5.32 Å². The SMILES string of the molecule is CNc1sc(-c2cc([N+](=O)[O-])cc3ccccc23)c(O)c1-c1cccc(F)c1. The van der Waals surface area contributed by atoms with Gasteiger partial charge in [-0.2, -0.15) is 0 Å². The molecule has 0 aliphatic carbocycles. The van der Waals surface area contributed by atoms with Crippen LogP contribution in [0, 0.1) is 15.9 Å². The Morgan fingerprint density at radius 2 is 1.89 bits per heavy atom. The Bertz CT molecular complexity index is 1220. The molecule has 0 amide bonds. The highest BCUT2D eigenvalue weighted by atomic mass is 32.1. The number of hydrogen-bond donors (Lipinski definition) is 2. The van der Waals surface area contributed by atoms with E-state index in [0.717, 1.165) is 5.39 Å². The monoisotopic (exact) mass is 394 g/mol. The van der Waals surface area contributed by atoms with Crippen molar-refractivity contribution in [2.24, 2.45) is 0 Å². The van der Waals surface area contributed by atoms with E-state index in [-0.39, 0.29) is 11.4 Å². The van der Waals surface area contributed by atoms with Crippen LogP contribution in [-0.2, 0) is 0 Å². The normalized spacial score (nSPS) is 10.9. The average molecular weight is 394 g/mol. The molecule has 0 aliphatic rings. The maximum atomic E-state index is 13.7. The fourth-order valence-electron chi connectivity index (χ4n) is 3.28. The van der Waals surface area contributed by atoms with Gasteiger partial charge in [-0.1, -0.05) is 36.4 Å². The number of nitro groups is 1. The summed E-state index contributed by atoms with van der Waals surface area (Å²) < 4.78 is 13.7. The summed E-state index contributed by atoms with van der Waals surface area (Å²) in [6.07, 6.45) is 0. The van der Waals surface area contributed by atoms with Crippen molar-refractivity contribution in [1.29, 1.82) is 0 Å². The number of hydrogen-bond acceptors (Lipinski definition) is 5. The fraction of sp³-hybridized carbons (Fsp3) is 0.0476. The number of nitro benzene ring substituents is 1. The van der Waals surface area contributed by atoms with Crippen LogP contribution in [0.3, 0.4) is 0 Å². The highest BCUT2D eigenvalue weighted by Gasteiger charge is 2.23. The van der Waals surface area contributed by atoms with E-state index in [0.29, 0.717) is 32.0 Å². The van der Waals surface area contributed by atoms with Gasteiger partial charge in [-0.05, 0) is 28.5 Å². The topological polar surface area (TPSA) is 75.4 Å². The number of aromatic hydroxyl groups is 1. The Hall–Kier alpha value is -3.45. The van der Waals surface area contributed by atoms with Gasteiger partial charge in [0.15, 0.2) is 0 Å². The number of nitrogens with zero attached hydrogens (tertiary/aromatic N) is 1. The van der Waals surface area contributed by atoms with Crippen molar-refractivity contribution in [1.82, 2.24) is 0 Å². The number of anilines is 1. The van der Waals surface area contributed by atoms with Gasteiger partial charge in [-0.25, -0.2) is 4.39 Å². The molecule has 28 heavy (non-hydrogen) atoms. The Morgan fingerprint density at radius 1 is 1.11 bits per heavy atom. The van der Waals surface area contributed by atoms with Gasteiger partial charge in [-0.15, -0.1) is 11.3 Å². The van der Waals surface area contributed by atoms with E-state index in [1.165, 1.54) is 35.6 Å². The number of rotatable bonds is 4. The van der Waals surface area contributed by atoms with Gasteiger partial charge in [0, 0.05) is 24.7 Å². The smallest absolute Gasteiger partial charge is 0.270 e. The molecule has 2 N–H and O–H groups in total. The zero-order valence-electron chi connectivity index (χ0n) is 14.8. The number of fused-ring (bicyclic) bond motifs is 1. The summed E-state index contributed by atoms with van der Waals surface area (Å²) in [6, 6.07) is 16.2. The van der Waals surface area contributed by atoms with Gasteiger partial charge in [0.05, 0.1) is 15.4 Å². The molecule has 140 valence electrons. The Kier molecular flexibility index (Phi) is 4.44. The lowest BCUT2D eigenvalue weighted by Gasteiger charge is -2.07. The van der Waals surface area contributed by atoms with Crippen molar-refractivity contribution in [3.63, 3.8) is 0 Å². The first-order chi connectivity index (χ1) is 13.5. The molecule has 0 aliphatic heterocycles. The summed E-state index contributed by atoms with van der Waals surface area (Å²) >= 11 is 1.27. The van der Waals surface area contributed by atoms with Crippen LogP contribution in [-0.4, -0.2) is 17.1 Å². The van der Waals surface area contributed by atoms with Gasteiger partial charge in [0.2, 0.25) is 0 Å². The summed E-state index contributed by atoms with van der Waals surface area (Å²) in [5.74, 6) is -0.446. The Labute approximate surface area is 163 Å². The number of benzene rings is 3. The second-order valence-electron chi connectivity index (χ2n) is 6.22. The zero-order chi connectivity index (χ0) is 19.8. The fourth-order valence-corrected chi connectivity index (χ4v) is 4.38. The minimum Gasteiger partial charge on any atom is -0.506 e. The summed E-state index contributed by atoms with van der Waals surface area (Å²) in [7, 11) is 1.71. The molecule has 0 spiro atoms. The van der Waals surface area contributed by atoms with Crippen LogP contribution in [0.4, 0.5) is 15.1 Å². The first-order valence-electron chi connectivity index (χ1n) is 8.46. The molecule has 0 bridgehead atoms. The van der Waals surface area contributed by atoms with Crippen LogP contribution in [0.15, 0.2) is 60.7 Å². The maximum Gasteiger partial charge on any atom is 0.270 e. The molecule has 0 fully saturated rings. The van der Waals surface area contributed by atoms with E-state index in [9.17, 15) is 19.6 Å². The van der Waals surface area contributed by atoms with Gasteiger partial charge < -0.3 is 10.4 Å². The summed E-state index contributed by atoms with van der Waals surface area (Å²) in [4.78, 5) is 11.4. The van der Waals surface area contributed by atoms with E-state index in [1.54, 1.807) is 31.3 Å². The highest BCUT2D eigenvalue weighted by molar-refractivity contribution is 7.20. The molecule has 7 heteroatoms.